The van der Waals surface area contributed by atoms with Gasteiger partial charge in [0.25, 0.3) is 0 Å². The predicted octanol–water partition coefficient (Wildman–Crippen LogP) is 3.35. The first-order chi connectivity index (χ1) is 11.3. The van der Waals surface area contributed by atoms with E-state index in [-0.39, 0.29) is 12.4 Å². The van der Waals surface area contributed by atoms with Crippen molar-refractivity contribution in [1.82, 2.24) is 4.90 Å². The van der Waals surface area contributed by atoms with Gasteiger partial charge in [0.15, 0.2) is 11.5 Å². The van der Waals surface area contributed by atoms with E-state index < -0.39 is 0 Å². The molecular formula is C19H27ClN2O2. The summed E-state index contributed by atoms with van der Waals surface area (Å²) in [6.07, 6.45) is 0. The molecule has 0 spiro atoms. The van der Waals surface area contributed by atoms with Crippen LogP contribution in [0.25, 0.3) is 0 Å². The summed E-state index contributed by atoms with van der Waals surface area (Å²) in [6.45, 7) is 6.42. The third kappa shape index (κ3) is 6.79. The maximum absolute atomic E-state index is 5.90. The minimum absolute atomic E-state index is 0. The Labute approximate surface area is 151 Å². The molecule has 5 heteroatoms. The average Bonchev–Trinajstić information content (AvgIpc) is 2.58. The standard InChI is InChI=1S/C19H26N2O2.ClH/c1-2-22-18-10-6-7-11-19(18)23-15-14-21(13-12-20)16-17-8-4-3-5-9-17;/h3-11H,2,12-16,20H2,1H3;1H. The molecule has 2 N–H and O–H groups in total. The third-order valence-corrected chi connectivity index (χ3v) is 3.51. The second-order valence-electron chi connectivity index (χ2n) is 5.28. The van der Waals surface area contributed by atoms with E-state index in [1.54, 1.807) is 0 Å². The van der Waals surface area contributed by atoms with Gasteiger partial charge >= 0.3 is 0 Å². The number of benzene rings is 2. The molecule has 0 fully saturated rings. The zero-order chi connectivity index (χ0) is 16.3. The van der Waals surface area contributed by atoms with Gasteiger partial charge in [-0.1, -0.05) is 42.5 Å². The van der Waals surface area contributed by atoms with E-state index in [2.05, 4.69) is 29.2 Å². The zero-order valence-corrected chi connectivity index (χ0v) is 15.0. The molecule has 2 aromatic rings. The van der Waals surface area contributed by atoms with Crippen molar-refractivity contribution < 1.29 is 9.47 Å². The van der Waals surface area contributed by atoms with E-state index in [1.165, 1.54) is 5.56 Å². The summed E-state index contributed by atoms with van der Waals surface area (Å²) < 4.78 is 11.5. The Bertz CT molecular complexity index is 566. The molecular weight excluding hydrogens is 324 g/mol. The van der Waals surface area contributed by atoms with Crippen LogP contribution in [0.5, 0.6) is 11.5 Å². The van der Waals surface area contributed by atoms with Gasteiger partial charge in [0.1, 0.15) is 6.61 Å². The summed E-state index contributed by atoms with van der Waals surface area (Å²) in [4.78, 5) is 2.30. The summed E-state index contributed by atoms with van der Waals surface area (Å²) in [5.41, 5.74) is 7.01. The SMILES string of the molecule is CCOc1ccccc1OCCN(CCN)Cc1ccccc1.Cl. The number of hydrogen-bond donors (Lipinski definition) is 1. The van der Waals surface area contributed by atoms with Gasteiger partial charge in [-0.3, -0.25) is 4.90 Å². The summed E-state index contributed by atoms with van der Waals surface area (Å²) in [6, 6.07) is 18.2. The second kappa shape index (κ2) is 11.7. The molecule has 0 aliphatic carbocycles. The van der Waals surface area contributed by atoms with Crippen LogP contribution in [0.4, 0.5) is 0 Å². The maximum Gasteiger partial charge on any atom is 0.161 e. The number of para-hydroxylation sites is 2. The van der Waals surface area contributed by atoms with Gasteiger partial charge in [-0.25, -0.2) is 0 Å². The van der Waals surface area contributed by atoms with Crippen LogP contribution < -0.4 is 15.2 Å². The molecule has 0 unspecified atom stereocenters. The third-order valence-electron chi connectivity index (χ3n) is 3.51. The predicted molar refractivity (Wildman–Crippen MR) is 101 cm³/mol. The fourth-order valence-electron chi connectivity index (χ4n) is 2.42. The van der Waals surface area contributed by atoms with Crippen LogP contribution in [-0.4, -0.2) is 37.7 Å². The van der Waals surface area contributed by atoms with Crippen LogP contribution in [0.2, 0.25) is 0 Å². The number of nitrogens with two attached hydrogens (primary N) is 1. The van der Waals surface area contributed by atoms with Gasteiger partial charge in [-0.05, 0) is 24.6 Å². The monoisotopic (exact) mass is 350 g/mol. The fourth-order valence-corrected chi connectivity index (χ4v) is 2.42. The Hall–Kier alpha value is -1.75. The highest BCUT2D eigenvalue weighted by molar-refractivity contribution is 5.85. The Morgan fingerprint density at radius 3 is 2.12 bits per heavy atom. The summed E-state index contributed by atoms with van der Waals surface area (Å²) in [5.74, 6) is 1.59. The van der Waals surface area contributed by atoms with Crippen LogP contribution in [0.15, 0.2) is 54.6 Å². The molecule has 132 valence electrons. The molecule has 2 aromatic carbocycles. The minimum atomic E-state index is 0. The molecule has 2 rings (SSSR count). The highest BCUT2D eigenvalue weighted by Gasteiger charge is 2.07. The lowest BCUT2D eigenvalue weighted by molar-refractivity contribution is 0.200. The molecule has 0 aliphatic heterocycles. The number of nitrogens with zero attached hydrogens (tertiary/aromatic N) is 1. The second-order valence-corrected chi connectivity index (χ2v) is 5.28. The van der Waals surface area contributed by atoms with Gasteiger partial charge in [-0.2, -0.15) is 0 Å². The van der Waals surface area contributed by atoms with Crippen molar-refractivity contribution in [3.8, 4) is 11.5 Å². The Morgan fingerprint density at radius 1 is 0.875 bits per heavy atom. The van der Waals surface area contributed by atoms with E-state index in [4.69, 9.17) is 15.2 Å². The van der Waals surface area contributed by atoms with E-state index >= 15 is 0 Å². The van der Waals surface area contributed by atoms with Crippen molar-refractivity contribution >= 4 is 12.4 Å². The van der Waals surface area contributed by atoms with Gasteiger partial charge in [0.2, 0.25) is 0 Å². The molecule has 0 bridgehead atoms. The maximum atomic E-state index is 5.90. The average molecular weight is 351 g/mol. The Kier molecular flexibility index (Phi) is 9.92. The largest absolute Gasteiger partial charge is 0.490 e. The van der Waals surface area contributed by atoms with E-state index in [0.29, 0.717) is 19.8 Å². The van der Waals surface area contributed by atoms with Crippen LogP contribution in [0, 0.1) is 0 Å². The Morgan fingerprint density at radius 2 is 1.50 bits per heavy atom. The topological polar surface area (TPSA) is 47.7 Å². The molecule has 0 radical (unpaired) electrons. The van der Waals surface area contributed by atoms with Crippen molar-refractivity contribution in [3.05, 3.63) is 60.2 Å². The van der Waals surface area contributed by atoms with E-state index in [1.807, 2.05) is 37.3 Å². The van der Waals surface area contributed by atoms with Gasteiger partial charge in [0.05, 0.1) is 6.61 Å². The molecule has 0 saturated heterocycles. The molecule has 0 aromatic heterocycles. The highest BCUT2D eigenvalue weighted by atomic mass is 35.5. The highest BCUT2D eigenvalue weighted by Crippen LogP contribution is 2.26. The van der Waals surface area contributed by atoms with Crippen LogP contribution in [0.1, 0.15) is 12.5 Å². The summed E-state index contributed by atoms with van der Waals surface area (Å²) >= 11 is 0. The van der Waals surface area contributed by atoms with Gasteiger partial charge < -0.3 is 15.2 Å². The number of hydrogen-bond acceptors (Lipinski definition) is 4. The molecule has 0 amide bonds. The van der Waals surface area contributed by atoms with E-state index in [0.717, 1.165) is 31.1 Å². The lowest BCUT2D eigenvalue weighted by Gasteiger charge is -2.22. The molecule has 0 atom stereocenters. The van der Waals surface area contributed by atoms with Crippen molar-refractivity contribution in [3.63, 3.8) is 0 Å². The number of halogens is 1. The van der Waals surface area contributed by atoms with Crippen LogP contribution >= 0.6 is 12.4 Å². The smallest absolute Gasteiger partial charge is 0.161 e. The molecule has 24 heavy (non-hydrogen) atoms. The quantitative estimate of drug-likeness (QED) is 0.714. The minimum Gasteiger partial charge on any atom is -0.490 e. The van der Waals surface area contributed by atoms with Gasteiger partial charge in [-0.15, -0.1) is 12.4 Å². The molecule has 0 aliphatic rings. The first kappa shape index (κ1) is 20.3. The first-order valence-corrected chi connectivity index (χ1v) is 8.14. The first-order valence-electron chi connectivity index (χ1n) is 8.14. The van der Waals surface area contributed by atoms with Crippen molar-refractivity contribution in [2.75, 3.05) is 32.8 Å². The molecule has 0 saturated carbocycles. The molecule has 0 heterocycles. The fraction of sp³-hybridized carbons (Fsp3) is 0.368. The van der Waals surface area contributed by atoms with Crippen molar-refractivity contribution in [2.45, 2.75) is 13.5 Å². The van der Waals surface area contributed by atoms with Crippen LogP contribution in [-0.2, 0) is 6.54 Å². The summed E-state index contributed by atoms with van der Waals surface area (Å²) in [7, 11) is 0. The van der Waals surface area contributed by atoms with E-state index in [9.17, 15) is 0 Å². The summed E-state index contributed by atoms with van der Waals surface area (Å²) in [5, 5.41) is 0. The lowest BCUT2D eigenvalue weighted by atomic mass is 10.2. The number of ether oxygens (including phenoxy) is 2. The zero-order valence-electron chi connectivity index (χ0n) is 14.2. The van der Waals surface area contributed by atoms with Gasteiger partial charge in [0, 0.05) is 26.2 Å². The van der Waals surface area contributed by atoms with Crippen molar-refractivity contribution in [2.24, 2.45) is 5.73 Å². The number of rotatable bonds is 10. The molecule has 4 nitrogen and oxygen atoms in total. The van der Waals surface area contributed by atoms with Crippen LogP contribution in [0.3, 0.4) is 0 Å². The lowest BCUT2D eigenvalue weighted by Crippen LogP contribution is -2.32. The normalized spacial score (nSPS) is 10.3. The van der Waals surface area contributed by atoms with Crippen molar-refractivity contribution in [1.29, 1.82) is 0 Å². The Balaban J connectivity index is 0.00000288.